The maximum Gasteiger partial charge on any atom is 0.258 e. The van der Waals surface area contributed by atoms with E-state index < -0.39 is 0 Å². The number of ether oxygens (including phenoxy) is 1. The Hall–Kier alpha value is -2.82. The minimum Gasteiger partial charge on any atom is -0.483 e. The van der Waals surface area contributed by atoms with Gasteiger partial charge < -0.3 is 15.4 Å². The van der Waals surface area contributed by atoms with Crippen molar-refractivity contribution in [2.45, 2.75) is 0 Å². The number of hydrogen-bond acceptors (Lipinski definition) is 3. The second-order valence-corrected chi connectivity index (χ2v) is 4.60. The molecule has 0 saturated carbocycles. The molecule has 0 spiro atoms. The zero-order chi connectivity index (χ0) is 15.8. The molecule has 2 N–H and O–H groups in total. The Bertz CT molecular complexity index is 641. The molecule has 0 radical (unpaired) electrons. The monoisotopic (exact) mass is 298 g/mol. The molecule has 0 atom stereocenters. The van der Waals surface area contributed by atoms with Gasteiger partial charge in [0.25, 0.3) is 5.91 Å². The summed E-state index contributed by atoms with van der Waals surface area (Å²) < 4.78 is 5.58. The Morgan fingerprint density at radius 1 is 0.955 bits per heavy atom. The molecule has 2 aromatic rings. The molecule has 2 aromatic carbocycles. The van der Waals surface area contributed by atoms with E-state index in [1.54, 1.807) is 0 Å². The summed E-state index contributed by atoms with van der Waals surface area (Å²) in [6.07, 6.45) is 0. The van der Waals surface area contributed by atoms with Crippen LogP contribution in [0.25, 0.3) is 11.1 Å². The second kappa shape index (κ2) is 7.83. The predicted molar refractivity (Wildman–Crippen MR) is 84.4 cm³/mol. The Morgan fingerprint density at radius 2 is 1.64 bits per heavy atom. The number of benzene rings is 2. The second-order valence-electron chi connectivity index (χ2n) is 4.60. The van der Waals surface area contributed by atoms with Crippen molar-refractivity contribution in [1.29, 1.82) is 0 Å². The van der Waals surface area contributed by atoms with Crippen molar-refractivity contribution < 1.29 is 14.3 Å². The van der Waals surface area contributed by atoms with E-state index in [-0.39, 0.29) is 25.0 Å². The molecule has 114 valence electrons. The van der Waals surface area contributed by atoms with E-state index in [1.807, 2.05) is 54.6 Å². The van der Waals surface area contributed by atoms with E-state index in [0.29, 0.717) is 5.75 Å². The fraction of sp³-hybridized carbons (Fsp3) is 0.176. The molecule has 2 amide bonds. The van der Waals surface area contributed by atoms with Crippen LogP contribution in [0, 0.1) is 0 Å². The predicted octanol–water partition coefficient (Wildman–Crippen LogP) is 1.59. The topological polar surface area (TPSA) is 67.4 Å². The van der Waals surface area contributed by atoms with Gasteiger partial charge in [0.05, 0.1) is 6.54 Å². The van der Waals surface area contributed by atoms with Crippen LogP contribution in [0.4, 0.5) is 0 Å². The molecule has 0 saturated heterocycles. The highest BCUT2D eigenvalue weighted by atomic mass is 16.5. The normalized spacial score (nSPS) is 9.86. The average molecular weight is 298 g/mol. The summed E-state index contributed by atoms with van der Waals surface area (Å²) in [6, 6.07) is 17.3. The first-order valence-corrected chi connectivity index (χ1v) is 6.95. The molecule has 0 heterocycles. The molecule has 5 nitrogen and oxygen atoms in total. The minimum absolute atomic E-state index is 0.0565. The number of rotatable bonds is 6. The fourth-order valence-corrected chi connectivity index (χ4v) is 1.91. The summed E-state index contributed by atoms with van der Waals surface area (Å²) in [5, 5.41) is 4.92. The molecule has 2 rings (SSSR count). The molecule has 0 aliphatic rings. The minimum atomic E-state index is -0.341. The standard InChI is InChI=1S/C17H18N2O3/c1-18-16(20)11-19-17(21)12-22-15-10-6-5-9-14(15)13-7-3-2-4-8-13/h2-10H,11-12H2,1H3,(H,18,20)(H,19,21). The largest absolute Gasteiger partial charge is 0.483 e. The van der Waals surface area contributed by atoms with Gasteiger partial charge in [0.1, 0.15) is 5.75 Å². The van der Waals surface area contributed by atoms with E-state index >= 15 is 0 Å². The van der Waals surface area contributed by atoms with Gasteiger partial charge in [0, 0.05) is 12.6 Å². The van der Waals surface area contributed by atoms with E-state index in [0.717, 1.165) is 11.1 Å². The number of carbonyl (C=O) groups is 2. The number of nitrogens with one attached hydrogen (secondary N) is 2. The summed E-state index contributed by atoms with van der Waals surface area (Å²) in [5.41, 5.74) is 1.94. The summed E-state index contributed by atoms with van der Waals surface area (Å²) in [7, 11) is 1.51. The van der Waals surface area contributed by atoms with Crippen LogP contribution in [0.1, 0.15) is 0 Å². The van der Waals surface area contributed by atoms with Crippen molar-refractivity contribution in [3.63, 3.8) is 0 Å². The highest BCUT2D eigenvalue weighted by molar-refractivity contribution is 5.85. The molecule has 0 aromatic heterocycles. The van der Waals surface area contributed by atoms with Crippen LogP contribution in [0.3, 0.4) is 0 Å². The lowest BCUT2D eigenvalue weighted by Crippen LogP contribution is -2.37. The molecular formula is C17H18N2O3. The number of amides is 2. The Morgan fingerprint density at radius 3 is 2.36 bits per heavy atom. The highest BCUT2D eigenvalue weighted by Gasteiger charge is 2.08. The molecule has 0 bridgehead atoms. The first kappa shape index (κ1) is 15.6. The quantitative estimate of drug-likeness (QED) is 0.851. The Balaban J connectivity index is 1.99. The number of hydrogen-bond donors (Lipinski definition) is 2. The van der Waals surface area contributed by atoms with Gasteiger partial charge in [0.15, 0.2) is 6.61 Å². The molecule has 5 heteroatoms. The highest BCUT2D eigenvalue weighted by Crippen LogP contribution is 2.29. The van der Waals surface area contributed by atoms with E-state index in [4.69, 9.17) is 4.74 Å². The fourth-order valence-electron chi connectivity index (χ4n) is 1.91. The van der Waals surface area contributed by atoms with Gasteiger partial charge in [0.2, 0.25) is 5.91 Å². The lowest BCUT2D eigenvalue weighted by Gasteiger charge is -2.11. The third-order valence-electron chi connectivity index (χ3n) is 3.06. The average Bonchev–Trinajstić information content (AvgIpc) is 2.58. The van der Waals surface area contributed by atoms with Crippen LogP contribution in [-0.4, -0.2) is 32.0 Å². The Kier molecular flexibility index (Phi) is 5.54. The Labute approximate surface area is 129 Å². The maximum absolute atomic E-state index is 11.7. The van der Waals surface area contributed by atoms with Crippen molar-refractivity contribution in [2.24, 2.45) is 0 Å². The first-order chi connectivity index (χ1) is 10.7. The molecule has 0 aliphatic heterocycles. The van der Waals surface area contributed by atoms with Crippen LogP contribution in [0.5, 0.6) is 5.75 Å². The van der Waals surface area contributed by atoms with Crippen molar-refractivity contribution in [1.82, 2.24) is 10.6 Å². The van der Waals surface area contributed by atoms with Gasteiger partial charge in [-0.05, 0) is 11.6 Å². The SMILES string of the molecule is CNC(=O)CNC(=O)COc1ccccc1-c1ccccc1. The van der Waals surface area contributed by atoms with Crippen molar-refractivity contribution in [3.05, 3.63) is 54.6 Å². The van der Waals surface area contributed by atoms with Gasteiger partial charge in [-0.1, -0.05) is 48.5 Å². The first-order valence-electron chi connectivity index (χ1n) is 6.95. The van der Waals surface area contributed by atoms with Crippen LogP contribution < -0.4 is 15.4 Å². The zero-order valence-electron chi connectivity index (χ0n) is 12.3. The van der Waals surface area contributed by atoms with Crippen LogP contribution in [-0.2, 0) is 9.59 Å². The van der Waals surface area contributed by atoms with E-state index in [2.05, 4.69) is 10.6 Å². The smallest absolute Gasteiger partial charge is 0.258 e. The summed E-state index contributed by atoms with van der Waals surface area (Å²) in [5.74, 6) is 0.0355. The van der Waals surface area contributed by atoms with Gasteiger partial charge in [-0.25, -0.2) is 0 Å². The third kappa shape index (κ3) is 4.34. The lowest BCUT2D eigenvalue weighted by atomic mass is 10.1. The van der Waals surface area contributed by atoms with Gasteiger partial charge >= 0.3 is 0 Å². The van der Waals surface area contributed by atoms with Gasteiger partial charge in [-0.2, -0.15) is 0 Å². The number of carbonyl (C=O) groups excluding carboxylic acids is 2. The van der Waals surface area contributed by atoms with Gasteiger partial charge in [-0.15, -0.1) is 0 Å². The van der Waals surface area contributed by atoms with Crippen molar-refractivity contribution >= 4 is 11.8 Å². The van der Waals surface area contributed by atoms with Gasteiger partial charge in [-0.3, -0.25) is 9.59 Å². The van der Waals surface area contributed by atoms with Crippen LogP contribution >= 0.6 is 0 Å². The maximum atomic E-state index is 11.7. The number of para-hydroxylation sites is 1. The molecule has 0 fully saturated rings. The summed E-state index contributed by atoms with van der Waals surface area (Å²) >= 11 is 0. The zero-order valence-corrected chi connectivity index (χ0v) is 12.3. The number of likely N-dealkylation sites (N-methyl/N-ethyl adjacent to an activating group) is 1. The van der Waals surface area contributed by atoms with Crippen molar-refractivity contribution in [3.8, 4) is 16.9 Å². The van der Waals surface area contributed by atoms with E-state index in [9.17, 15) is 9.59 Å². The van der Waals surface area contributed by atoms with E-state index in [1.165, 1.54) is 7.05 Å². The summed E-state index contributed by atoms with van der Waals surface area (Å²) in [4.78, 5) is 22.7. The summed E-state index contributed by atoms with van der Waals surface area (Å²) in [6.45, 7) is -0.195. The third-order valence-corrected chi connectivity index (χ3v) is 3.06. The van der Waals surface area contributed by atoms with Crippen LogP contribution in [0.15, 0.2) is 54.6 Å². The van der Waals surface area contributed by atoms with Crippen molar-refractivity contribution in [2.75, 3.05) is 20.2 Å². The van der Waals surface area contributed by atoms with Crippen LogP contribution in [0.2, 0.25) is 0 Å². The molecule has 22 heavy (non-hydrogen) atoms. The molecule has 0 unspecified atom stereocenters. The lowest BCUT2D eigenvalue weighted by molar-refractivity contribution is -0.127. The molecule has 0 aliphatic carbocycles. The molecular weight excluding hydrogens is 280 g/mol.